The van der Waals surface area contributed by atoms with Crippen molar-refractivity contribution < 1.29 is 17.9 Å². The Morgan fingerprint density at radius 2 is 1.61 bits per heavy atom. The zero-order valence-electron chi connectivity index (χ0n) is 16.9. The van der Waals surface area contributed by atoms with Crippen molar-refractivity contribution in [3.05, 3.63) is 70.8 Å². The van der Waals surface area contributed by atoms with Gasteiger partial charge in [0.25, 0.3) is 0 Å². The number of rotatable bonds is 6. The molecular formula is C22H27NO4S. The Balaban J connectivity index is 2.38. The second-order valence-corrected chi connectivity index (χ2v) is 9.39. The van der Waals surface area contributed by atoms with E-state index >= 15 is 0 Å². The molecule has 0 aliphatic carbocycles. The third-order valence-corrected chi connectivity index (χ3v) is 6.20. The Labute approximate surface area is 167 Å². The normalized spacial score (nSPS) is 12.5. The molecule has 5 nitrogen and oxygen atoms in total. The number of aryl methyl sites for hydroxylation is 1. The number of sulfone groups is 1. The van der Waals surface area contributed by atoms with E-state index in [1.165, 1.54) is 18.3 Å². The van der Waals surface area contributed by atoms with Gasteiger partial charge in [-0.1, -0.05) is 52.0 Å². The van der Waals surface area contributed by atoms with Gasteiger partial charge in [-0.25, -0.2) is 13.2 Å². The highest BCUT2D eigenvalue weighted by atomic mass is 32.2. The second-order valence-electron chi connectivity index (χ2n) is 7.47. The summed E-state index contributed by atoms with van der Waals surface area (Å²) in [6.45, 7) is 8.19. The van der Waals surface area contributed by atoms with Crippen LogP contribution in [0.3, 0.4) is 0 Å². The number of carbonyl (C=O) groups excluding carboxylic acids is 1. The maximum Gasteiger partial charge on any atom is 0.351 e. The summed E-state index contributed by atoms with van der Waals surface area (Å²) in [4.78, 5) is 11.8. The van der Waals surface area contributed by atoms with E-state index in [1.807, 2.05) is 45.0 Å². The fourth-order valence-corrected chi connectivity index (χ4v) is 3.86. The molecule has 0 saturated carbocycles. The summed E-state index contributed by atoms with van der Waals surface area (Å²) in [5, 5.41) is 2.88. The van der Waals surface area contributed by atoms with Gasteiger partial charge in [-0.05, 0) is 47.2 Å². The zero-order valence-corrected chi connectivity index (χ0v) is 17.8. The molecule has 2 aromatic rings. The van der Waals surface area contributed by atoms with Gasteiger partial charge in [0.1, 0.15) is 0 Å². The van der Waals surface area contributed by atoms with Gasteiger partial charge < -0.3 is 10.1 Å². The number of carbonyl (C=O) groups is 1. The van der Waals surface area contributed by atoms with Crippen molar-refractivity contribution in [3.63, 3.8) is 0 Å². The van der Waals surface area contributed by atoms with Crippen LogP contribution in [0.4, 0.5) is 5.69 Å². The molecular weight excluding hydrogens is 374 g/mol. The van der Waals surface area contributed by atoms with Gasteiger partial charge >= 0.3 is 5.97 Å². The fraction of sp³-hybridized carbons (Fsp3) is 0.318. The molecule has 0 amide bonds. The van der Waals surface area contributed by atoms with Crippen molar-refractivity contribution in [2.75, 3.05) is 12.4 Å². The van der Waals surface area contributed by atoms with Crippen LogP contribution in [0.5, 0.6) is 0 Å². The van der Waals surface area contributed by atoms with E-state index in [4.69, 9.17) is 4.74 Å². The third-order valence-electron chi connectivity index (χ3n) is 4.44. The first kappa shape index (κ1) is 21.7. The van der Waals surface area contributed by atoms with E-state index in [2.05, 4.69) is 12.2 Å². The van der Waals surface area contributed by atoms with Gasteiger partial charge in [-0.2, -0.15) is 0 Å². The zero-order chi connectivity index (χ0) is 20.9. The monoisotopic (exact) mass is 401 g/mol. The predicted octanol–water partition coefficient (Wildman–Crippen LogP) is 4.45. The highest BCUT2D eigenvalue weighted by Gasteiger charge is 2.28. The summed E-state index contributed by atoms with van der Waals surface area (Å²) in [5.74, 6) is -0.919. The van der Waals surface area contributed by atoms with E-state index in [9.17, 15) is 13.2 Å². The van der Waals surface area contributed by atoms with Crippen LogP contribution in [0.25, 0.3) is 0 Å². The first-order valence-corrected chi connectivity index (χ1v) is 10.6. The number of hydrogen-bond acceptors (Lipinski definition) is 5. The lowest BCUT2D eigenvalue weighted by molar-refractivity contribution is -0.135. The minimum atomic E-state index is -4.03. The fourth-order valence-electron chi connectivity index (χ4n) is 2.59. The number of nitrogens with one attached hydrogen (secondary N) is 1. The van der Waals surface area contributed by atoms with E-state index < -0.39 is 20.7 Å². The van der Waals surface area contributed by atoms with Gasteiger partial charge in [0.2, 0.25) is 9.84 Å². The van der Waals surface area contributed by atoms with E-state index in [-0.39, 0.29) is 10.3 Å². The van der Waals surface area contributed by atoms with Gasteiger partial charge in [0.15, 0.2) is 4.91 Å². The lowest BCUT2D eigenvalue weighted by Crippen LogP contribution is -2.17. The molecule has 0 aromatic heterocycles. The Morgan fingerprint density at radius 1 is 1.04 bits per heavy atom. The second kappa shape index (κ2) is 8.61. The summed E-state index contributed by atoms with van der Waals surface area (Å²) >= 11 is 0. The Bertz CT molecular complexity index is 951. The van der Waals surface area contributed by atoms with Crippen molar-refractivity contribution in [1.29, 1.82) is 0 Å². The number of ether oxygens (including phenoxy) is 1. The topological polar surface area (TPSA) is 72.5 Å². The number of benzene rings is 2. The van der Waals surface area contributed by atoms with Gasteiger partial charge in [0, 0.05) is 11.9 Å². The molecule has 0 fully saturated rings. The molecule has 0 unspecified atom stereocenters. The lowest BCUT2D eigenvalue weighted by Gasteiger charge is -2.19. The molecule has 0 atom stereocenters. The van der Waals surface area contributed by atoms with Crippen molar-refractivity contribution in [2.24, 2.45) is 0 Å². The van der Waals surface area contributed by atoms with Crippen molar-refractivity contribution >= 4 is 21.5 Å². The molecule has 0 heterocycles. The minimum absolute atomic E-state index is 0.0419. The maximum absolute atomic E-state index is 13.0. The number of esters is 1. The predicted molar refractivity (Wildman–Crippen MR) is 112 cm³/mol. The summed E-state index contributed by atoms with van der Waals surface area (Å²) in [6, 6.07) is 14.1. The maximum atomic E-state index is 13.0. The summed E-state index contributed by atoms with van der Waals surface area (Å²) in [6.07, 6.45) is 2.09. The standard InChI is InChI=1S/C22H27NO4S/c1-6-16-7-11-18(12-8-16)23-15-20(21(24)27-5)28(25,26)19-13-9-17(10-14-19)22(2,3)4/h7-15,23H,6H2,1-5H3. The molecule has 6 heteroatoms. The van der Waals surface area contributed by atoms with Crippen LogP contribution in [0.15, 0.2) is 64.5 Å². The number of hydrogen-bond donors (Lipinski definition) is 1. The number of anilines is 1. The van der Waals surface area contributed by atoms with Crippen molar-refractivity contribution in [2.45, 2.75) is 44.4 Å². The van der Waals surface area contributed by atoms with Crippen molar-refractivity contribution in [3.8, 4) is 0 Å². The van der Waals surface area contributed by atoms with Crippen LogP contribution in [0, 0.1) is 0 Å². The Morgan fingerprint density at radius 3 is 2.07 bits per heavy atom. The molecule has 0 aliphatic heterocycles. The van der Waals surface area contributed by atoms with Crippen LogP contribution in [0.1, 0.15) is 38.8 Å². The highest BCUT2D eigenvalue weighted by Crippen LogP contribution is 2.26. The molecule has 0 aliphatic rings. The molecule has 2 rings (SSSR count). The molecule has 0 saturated heterocycles. The Hall–Kier alpha value is -2.60. The molecule has 2 aromatic carbocycles. The quantitative estimate of drug-likeness (QED) is 0.572. The molecule has 150 valence electrons. The van der Waals surface area contributed by atoms with Crippen molar-refractivity contribution in [1.82, 2.24) is 0 Å². The smallest absolute Gasteiger partial charge is 0.351 e. The van der Waals surface area contributed by atoms with Gasteiger partial charge in [-0.15, -0.1) is 0 Å². The molecule has 1 N–H and O–H groups in total. The Kier molecular flexibility index (Phi) is 6.67. The van der Waals surface area contributed by atoms with Gasteiger partial charge in [0.05, 0.1) is 12.0 Å². The van der Waals surface area contributed by atoms with Crippen LogP contribution < -0.4 is 5.32 Å². The largest absolute Gasteiger partial charge is 0.465 e. The lowest BCUT2D eigenvalue weighted by atomic mass is 9.87. The average Bonchev–Trinajstić information content (AvgIpc) is 2.67. The average molecular weight is 402 g/mol. The summed E-state index contributed by atoms with van der Waals surface area (Å²) < 4.78 is 30.7. The molecule has 0 bridgehead atoms. The molecule has 0 spiro atoms. The van der Waals surface area contributed by atoms with Crippen LogP contribution >= 0.6 is 0 Å². The summed E-state index contributed by atoms with van der Waals surface area (Å²) in [7, 11) is -2.88. The van der Waals surface area contributed by atoms with Gasteiger partial charge in [-0.3, -0.25) is 0 Å². The molecule has 0 radical (unpaired) electrons. The SMILES string of the molecule is CCc1ccc(NC=C(C(=O)OC)S(=O)(=O)c2ccc(C(C)(C)C)cc2)cc1. The van der Waals surface area contributed by atoms with Crippen LogP contribution in [0.2, 0.25) is 0 Å². The van der Waals surface area contributed by atoms with Crippen LogP contribution in [-0.2, 0) is 31.2 Å². The summed E-state index contributed by atoms with van der Waals surface area (Å²) in [5.41, 5.74) is 2.74. The first-order chi connectivity index (χ1) is 13.1. The van der Waals surface area contributed by atoms with Crippen LogP contribution in [-0.4, -0.2) is 21.5 Å². The highest BCUT2D eigenvalue weighted by molar-refractivity contribution is 7.96. The number of methoxy groups -OCH3 is 1. The van der Waals surface area contributed by atoms with E-state index in [1.54, 1.807) is 12.1 Å². The minimum Gasteiger partial charge on any atom is -0.465 e. The first-order valence-electron chi connectivity index (χ1n) is 9.09. The molecule has 28 heavy (non-hydrogen) atoms. The van der Waals surface area contributed by atoms with E-state index in [0.29, 0.717) is 5.69 Å². The third kappa shape index (κ3) is 5.01. The van der Waals surface area contributed by atoms with E-state index in [0.717, 1.165) is 24.7 Å².